The number of carbonyl (C=O) groups is 1. The molecule has 0 fully saturated rings. The van der Waals surface area contributed by atoms with Crippen molar-refractivity contribution in [2.24, 2.45) is 0 Å². The summed E-state index contributed by atoms with van der Waals surface area (Å²) in [7, 11) is -3.65. The number of fused-ring (bicyclic) bond motifs is 1. The van der Waals surface area contributed by atoms with Crippen LogP contribution in [0.15, 0.2) is 30.3 Å². The van der Waals surface area contributed by atoms with Crippen LogP contribution in [0.25, 0.3) is 17.2 Å². The molecule has 2 N–H and O–H groups in total. The first-order valence-corrected chi connectivity index (χ1v) is 13.9. The standard InChI is InChI=1S/C27H35FN2O6S.Na/c1-16(2)26-22(12-11-20(31)14-21(32)15-24(33)34)25(18-7-9-19(28)10-8-18)23-6-5-13-30(27(23)29-26)37(35,36)17(3)4;/h7-12,16-17,20-21,31-32H,5-6,13-15H2,1-4H3,(H,33,34);/q;+1/p-1/b12-11+;/t20-,21-;/m1./s1. The van der Waals surface area contributed by atoms with Crippen molar-refractivity contribution < 1.29 is 62.5 Å². The predicted molar refractivity (Wildman–Crippen MR) is 139 cm³/mol. The fourth-order valence-corrected chi connectivity index (χ4v) is 5.77. The minimum absolute atomic E-state index is 0. The van der Waals surface area contributed by atoms with Crippen LogP contribution in [0.1, 0.15) is 69.7 Å². The Kier molecular flexibility index (Phi) is 11.5. The zero-order valence-electron chi connectivity index (χ0n) is 22.5. The van der Waals surface area contributed by atoms with Crippen molar-refractivity contribution in [1.82, 2.24) is 4.98 Å². The van der Waals surface area contributed by atoms with Gasteiger partial charge in [-0.2, -0.15) is 0 Å². The van der Waals surface area contributed by atoms with E-state index in [9.17, 15) is 32.9 Å². The summed E-state index contributed by atoms with van der Waals surface area (Å²) in [6.45, 7) is 7.41. The molecule has 2 heterocycles. The molecular formula is C27H34FN2NaO6S. The summed E-state index contributed by atoms with van der Waals surface area (Å²) in [5.41, 5.74) is 3.35. The van der Waals surface area contributed by atoms with Crippen molar-refractivity contribution in [1.29, 1.82) is 0 Å². The minimum Gasteiger partial charge on any atom is -0.550 e. The third-order valence-electron chi connectivity index (χ3n) is 6.35. The number of sulfonamides is 1. The first-order valence-electron chi connectivity index (χ1n) is 12.4. The maximum absolute atomic E-state index is 13.8. The summed E-state index contributed by atoms with van der Waals surface area (Å²) in [5, 5.41) is 30.4. The van der Waals surface area contributed by atoms with E-state index in [-0.39, 0.29) is 41.9 Å². The zero-order chi connectivity index (χ0) is 27.5. The van der Waals surface area contributed by atoms with E-state index in [0.29, 0.717) is 47.6 Å². The maximum atomic E-state index is 13.8. The number of aliphatic hydroxyl groups is 2. The summed E-state index contributed by atoms with van der Waals surface area (Å²) in [4.78, 5) is 15.6. The van der Waals surface area contributed by atoms with Gasteiger partial charge in [0.15, 0.2) is 0 Å². The molecule has 0 saturated heterocycles. The van der Waals surface area contributed by atoms with Crippen LogP contribution in [0.4, 0.5) is 10.2 Å². The fraction of sp³-hybridized carbons (Fsp3) is 0.481. The van der Waals surface area contributed by atoms with Crippen LogP contribution in [0.3, 0.4) is 0 Å². The number of carbonyl (C=O) groups excluding carboxylic acids is 1. The minimum atomic E-state index is -3.65. The van der Waals surface area contributed by atoms with Gasteiger partial charge in [-0.3, -0.25) is 4.31 Å². The Bertz CT molecular complexity index is 1270. The number of aromatic nitrogens is 1. The van der Waals surface area contributed by atoms with E-state index in [4.69, 9.17) is 4.98 Å². The number of pyridine rings is 1. The van der Waals surface area contributed by atoms with Crippen LogP contribution in [-0.2, 0) is 21.2 Å². The van der Waals surface area contributed by atoms with Crippen molar-refractivity contribution in [2.75, 3.05) is 10.8 Å². The number of halogens is 1. The number of hydrogen-bond donors (Lipinski definition) is 2. The summed E-state index contributed by atoms with van der Waals surface area (Å²) in [6.07, 6.45) is 1.03. The molecule has 0 amide bonds. The Morgan fingerprint density at radius 3 is 2.37 bits per heavy atom. The van der Waals surface area contributed by atoms with Gasteiger partial charge in [-0.15, -0.1) is 0 Å². The second-order valence-corrected chi connectivity index (χ2v) is 12.3. The normalized spacial score (nSPS) is 15.4. The number of benzene rings is 1. The molecule has 0 unspecified atom stereocenters. The Balaban J connectivity index is 0.00000507. The first kappa shape index (κ1) is 32.4. The average Bonchev–Trinajstić information content (AvgIpc) is 2.81. The van der Waals surface area contributed by atoms with Crippen molar-refractivity contribution in [3.8, 4) is 11.1 Å². The number of rotatable bonds is 10. The van der Waals surface area contributed by atoms with Gasteiger partial charge >= 0.3 is 29.6 Å². The predicted octanol–water partition coefficient (Wildman–Crippen LogP) is -0.229. The van der Waals surface area contributed by atoms with E-state index >= 15 is 0 Å². The van der Waals surface area contributed by atoms with E-state index in [1.54, 1.807) is 32.1 Å². The molecule has 2 atom stereocenters. The zero-order valence-corrected chi connectivity index (χ0v) is 25.3. The van der Waals surface area contributed by atoms with Gasteiger partial charge in [-0.25, -0.2) is 17.8 Å². The van der Waals surface area contributed by atoms with Gasteiger partial charge in [-0.1, -0.05) is 38.1 Å². The molecular weight excluding hydrogens is 522 g/mol. The van der Waals surface area contributed by atoms with Crippen LogP contribution in [0.5, 0.6) is 0 Å². The number of nitrogens with zero attached hydrogens (tertiary/aromatic N) is 2. The molecule has 11 heteroatoms. The van der Waals surface area contributed by atoms with E-state index in [2.05, 4.69) is 0 Å². The van der Waals surface area contributed by atoms with Crippen LogP contribution in [0, 0.1) is 5.82 Å². The molecule has 3 rings (SSSR count). The summed E-state index contributed by atoms with van der Waals surface area (Å²) in [6, 6.07) is 5.92. The second kappa shape index (κ2) is 13.5. The molecule has 0 aliphatic carbocycles. The quantitative estimate of drug-likeness (QED) is 0.387. The number of carboxylic acid groups (broad SMARTS) is 1. The maximum Gasteiger partial charge on any atom is 1.00 e. The second-order valence-electron chi connectivity index (χ2n) is 9.91. The molecule has 0 spiro atoms. The number of hydrogen-bond acceptors (Lipinski definition) is 7. The molecule has 8 nitrogen and oxygen atoms in total. The molecule has 1 aliphatic rings. The van der Waals surface area contributed by atoms with Crippen molar-refractivity contribution in [2.45, 2.75) is 76.8 Å². The van der Waals surface area contributed by atoms with Gasteiger partial charge in [-0.05, 0) is 55.9 Å². The number of anilines is 1. The third kappa shape index (κ3) is 7.43. The molecule has 38 heavy (non-hydrogen) atoms. The van der Waals surface area contributed by atoms with Crippen LogP contribution >= 0.6 is 0 Å². The Morgan fingerprint density at radius 2 is 1.82 bits per heavy atom. The summed E-state index contributed by atoms with van der Waals surface area (Å²) in [5.74, 6) is -1.58. The number of carboxylic acids is 1. The van der Waals surface area contributed by atoms with Gasteiger partial charge < -0.3 is 20.1 Å². The van der Waals surface area contributed by atoms with E-state index in [0.717, 1.165) is 5.56 Å². The summed E-state index contributed by atoms with van der Waals surface area (Å²) >= 11 is 0. The average molecular weight is 557 g/mol. The van der Waals surface area contributed by atoms with Crippen molar-refractivity contribution >= 4 is 27.9 Å². The SMILES string of the molecule is CC(C)c1nc2c(c(-c3ccc(F)cc3)c1/C=C/[C@@H](O)C[C@@H](O)CC(=O)[O-])CCCN2S(=O)(=O)C(C)C.[Na+]. The largest absolute Gasteiger partial charge is 1.00 e. The van der Waals surface area contributed by atoms with Crippen LogP contribution in [0.2, 0.25) is 0 Å². The van der Waals surface area contributed by atoms with E-state index in [1.165, 1.54) is 22.5 Å². The number of aliphatic carboxylic acids is 1. The van der Waals surface area contributed by atoms with E-state index < -0.39 is 45.7 Å². The molecule has 0 radical (unpaired) electrons. The molecule has 0 bridgehead atoms. The van der Waals surface area contributed by atoms with Crippen LogP contribution in [-0.4, -0.2) is 53.6 Å². The molecule has 2 aromatic rings. The fourth-order valence-electron chi connectivity index (χ4n) is 4.49. The van der Waals surface area contributed by atoms with Gasteiger partial charge in [0.05, 0.1) is 23.2 Å². The van der Waals surface area contributed by atoms with Gasteiger partial charge in [0.1, 0.15) is 11.6 Å². The van der Waals surface area contributed by atoms with Gasteiger partial charge in [0, 0.05) is 36.5 Å². The van der Waals surface area contributed by atoms with Crippen LogP contribution < -0.4 is 39.0 Å². The molecule has 0 saturated carbocycles. The van der Waals surface area contributed by atoms with Crippen molar-refractivity contribution in [3.63, 3.8) is 0 Å². The molecule has 1 aromatic heterocycles. The number of aliphatic hydroxyl groups excluding tert-OH is 2. The molecule has 1 aromatic carbocycles. The first-order chi connectivity index (χ1) is 17.3. The molecule has 1 aliphatic heterocycles. The Labute approximate surface area is 245 Å². The van der Waals surface area contributed by atoms with Gasteiger partial charge in [0.25, 0.3) is 0 Å². The third-order valence-corrected chi connectivity index (χ3v) is 8.51. The Hall–Kier alpha value is -1.82. The molecule has 202 valence electrons. The van der Waals surface area contributed by atoms with Gasteiger partial charge in [0.2, 0.25) is 10.0 Å². The summed E-state index contributed by atoms with van der Waals surface area (Å²) < 4.78 is 41.6. The Morgan fingerprint density at radius 1 is 1.18 bits per heavy atom. The monoisotopic (exact) mass is 556 g/mol. The topological polar surface area (TPSA) is 131 Å². The van der Waals surface area contributed by atoms with Crippen molar-refractivity contribution in [3.05, 3.63) is 53.0 Å². The smallest absolute Gasteiger partial charge is 0.550 e. The van der Waals surface area contributed by atoms with E-state index in [1.807, 2.05) is 13.8 Å².